The van der Waals surface area contributed by atoms with Crippen LogP contribution >= 0.6 is 0 Å². The summed E-state index contributed by atoms with van der Waals surface area (Å²) in [6.07, 6.45) is 9.54. The standard InChI is InChI=1S/C8H10O/c1-2-4-7(5-3-1)8-6-9-8/h2,4-5,8H,1,3,6H2. The van der Waals surface area contributed by atoms with Gasteiger partial charge in [0.1, 0.15) is 6.10 Å². The molecule has 9 heavy (non-hydrogen) atoms. The molecule has 1 fully saturated rings. The van der Waals surface area contributed by atoms with Gasteiger partial charge in [-0.2, -0.15) is 0 Å². The Morgan fingerprint density at radius 3 is 2.89 bits per heavy atom. The van der Waals surface area contributed by atoms with Gasteiger partial charge in [-0.05, 0) is 18.4 Å². The minimum Gasteiger partial charge on any atom is -0.368 e. The molecule has 1 heteroatoms. The van der Waals surface area contributed by atoms with Crippen molar-refractivity contribution in [1.82, 2.24) is 0 Å². The Morgan fingerprint density at radius 1 is 1.44 bits per heavy atom. The second-order valence-corrected chi connectivity index (χ2v) is 2.51. The van der Waals surface area contributed by atoms with Crippen LogP contribution in [-0.2, 0) is 4.74 Å². The lowest BCUT2D eigenvalue weighted by Gasteiger charge is -2.00. The maximum Gasteiger partial charge on any atom is 0.106 e. The van der Waals surface area contributed by atoms with Gasteiger partial charge in [-0.3, -0.25) is 0 Å². The SMILES string of the molecule is C1=CC(C2CO2)=CCC1. The Bertz CT molecular complexity index is 163. The van der Waals surface area contributed by atoms with Crippen molar-refractivity contribution in [3.8, 4) is 0 Å². The van der Waals surface area contributed by atoms with Crippen LogP contribution in [0.15, 0.2) is 23.8 Å². The van der Waals surface area contributed by atoms with Gasteiger partial charge >= 0.3 is 0 Å². The van der Waals surface area contributed by atoms with Crippen molar-refractivity contribution in [3.63, 3.8) is 0 Å². The summed E-state index contributed by atoms with van der Waals surface area (Å²) in [5.41, 5.74) is 1.39. The van der Waals surface area contributed by atoms with Crippen LogP contribution in [0.4, 0.5) is 0 Å². The van der Waals surface area contributed by atoms with Crippen LogP contribution in [0.2, 0.25) is 0 Å². The number of hydrogen-bond acceptors (Lipinski definition) is 1. The summed E-state index contributed by atoms with van der Waals surface area (Å²) in [5, 5.41) is 0. The molecule has 1 aliphatic heterocycles. The zero-order valence-corrected chi connectivity index (χ0v) is 5.34. The van der Waals surface area contributed by atoms with E-state index in [1.165, 1.54) is 18.4 Å². The highest BCUT2D eigenvalue weighted by atomic mass is 16.6. The number of epoxide rings is 1. The van der Waals surface area contributed by atoms with E-state index in [9.17, 15) is 0 Å². The first-order chi connectivity index (χ1) is 4.47. The van der Waals surface area contributed by atoms with Gasteiger partial charge in [0.2, 0.25) is 0 Å². The third-order valence-electron chi connectivity index (χ3n) is 1.73. The first kappa shape index (κ1) is 5.24. The lowest BCUT2D eigenvalue weighted by molar-refractivity contribution is 0.434. The van der Waals surface area contributed by atoms with Crippen molar-refractivity contribution >= 4 is 0 Å². The van der Waals surface area contributed by atoms with Gasteiger partial charge in [-0.1, -0.05) is 18.2 Å². The molecule has 0 bridgehead atoms. The minimum absolute atomic E-state index is 0.460. The molecule has 0 N–H and O–H groups in total. The van der Waals surface area contributed by atoms with E-state index in [1.807, 2.05) is 0 Å². The van der Waals surface area contributed by atoms with Gasteiger partial charge in [0.25, 0.3) is 0 Å². The Morgan fingerprint density at radius 2 is 2.33 bits per heavy atom. The van der Waals surface area contributed by atoms with E-state index in [0.29, 0.717) is 6.10 Å². The average molecular weight is 122 g/mol. The molecule has 1 heterocycles. The van der Waals surface area contributed by atoms with Gasteiger partial charge in [0, 0.05) is 0 Å². The number of rotatable bonds is 1. The molecule has 0 amide bonds. The third-order valence-corrected chi connectivity index (χ3v) is 1.73. The molecule has 0 aromatic carbocycles. The van der Waals surface area contributed by atoms with Crippen molar-refractivity contribution in [1.29, 1.82) is 0 Å². The molecule has 1 atom stereocenters. The van der Waals surface area contributed by atoms with Gasteiger partial charge in [0.05, 0.1) is 6.61 Å². The third kappa shape index (κ3) is 1.06. The molecule has 0 saturated carbocycles. The van der Waals surface area contributed by atoms with E-state index in [1.54, 1.807) is 0 Å². The highest BCUT2D eigenvalue weighted by Gasteiger charge is 2.25. The average Bonchev–Trinajstić information content (AvgIpc) is 2.71. The first-order valence-corrected chi connectivity index (χ1v) is 3.45. The van der Waals surface area contributed by atoms with Crippen LogP contribution in [0.3, 0.4) is 0 Å². The fourth-order valence-electron chi connectivity index (χ4n) is 1.11. The van der Waals surface area contributed by atoms with Crippen LogP contribution in [-0.4, -0.2) is 12.7 Å². The molecule has 2 aliphatic rings. The highest BCUT2D eigenvalue weighted by Crippen LogP contribution is 2.23. The van der Waals surface area contributed by atoms with Crippen molar-refractivity contribution in [2.24, 2.45) is 0 Å². The molecule has 0 aromatic rings. The van der Waals surface area contributed by atoms with E-state index < -0.39 is 0 Å². The Balaban J connectivity index is 2.08. The molecule has 1 aliphatic carbocycles. The van der Waals surface area contributed by atoms with Gasteiger partial charge in [-0.25, -0.2) is 0 Å². The summed E-state index contributed by atoms with van der Waals surface area (Å²) in [4.78, 5) is 0. The zero-order chi connectivity index (χ0) is 6.10. The van der Waals surface area contributed by atoms with Crippen molar-refractivity contribution in [2.45, 2.75) is 18.9 Å². The molecule has 1 saturated heterocycles. The topological polar surface area (TPSA) is 12.5 Å². The van der Waals surface area contributed by atoms with Gasteiger partial charge < -0.3 is 4.74 Å². The summed E-state index contributed by atoms with van der Waals surface area (Å²) in [6.45, 7) is 0.941. The lowest BCUT2D eigenvalue weighted by atomic mass is 10.1. The monoisotopic (exact) mass is 122 g/mol. The number of hydrogen-bond donors (Lipinski definition) is 0. The molecular weight excluding hydrogens is 112 g/mol. The van der Waals surface area contributed by atoms with Crippen LogP contribution in [0.1, 0.15) is 12.8 Å². The van der Waals surface area contributed by atoms with E-state index in [-0.39, 0.29) is 0 Å². The van der Waals surface area contributed by atoms with Crippen molar-refractivity contribution < 1.29 is 4.74 Å². The summed E-state index contributed by atoms with van der Waals surface area (Å²) < 4.78 is 5.13. The van der Waals surface area contributed by atoms with Crippen molar-refractivity contribution in [3.05, 3.63) is 23.8 Å². The summed E-state index contributed by atoms with van der Waals surface area (Å²) in [6, 6.07) is 0. The zero-order valence-electron chi connectivity index (χ0n) is 5.34. The van der Waals surface area contributed by atoms with Crippen LogP contribution < -0.4 is 0 Å². The summed E-state index contributed by atoms with van der Waals surface area (Å²) in [7, 11) is 0. The maximum absolute atomic E-state index is 5.13. The fourth-order valence-corrected chi connectivity index (χ4v) is 1.11. The predicted molar refractivity (Wildman–Crippen MR) is 36.2 cm³/mol. The fraction of sp³-hybridized carbons (Fsp3) is 0.500. The second-order valence-electron chi connectivity index (χ2n) is 2.51. The molecule has 1 unspecified atom stereocenters. The molecule has 0 aromatic heterocycles. The van der Waals surface area contributed by atoms with E-state index >= 15 is 0 Å². The normalized spacial score (nSPS) is 32.0. The van der Waals surface area contributed by atoms with Crippen LogP contribution in [0.25, 0.3) is 0 Å². The van der Waals surface area contributed by atoms with Crippen LogP contribution in [0, 0.1) is 0 Å². The number of ether oxygens (including phenoxy) is 1. The second kappa shape index (κ2) is 1.99. The minimum atomic E-state index is 0.460. The number of allylic oxidation sites excluding steroid dienone is 2. The molecule has 0 spiro atoms. The molecule has 0 radical (unpaired) electrons. The molecular formula is C8H10O. The Hall–Kier alpha value is -0.560. The Kier molecular flexibility index (Phi) is 1.16. The maximum atomic E-state index is 5.13. The van der Waals surface area contributed by atoms with Gasteiger partial charge in [-0.15, -0.1) is 0 Å². The van der Waals surface area contributed by atoms with E-state index in [4.69, 9.17) is 4.74 Å². The molecule has 1 nitrogen and oxygen atoms in total. The van der Waals surface area contributed by atoms with Gasteiger partial charge in [0.15, 0.2) is 0 Å². The lowest BCUT2D eigenvalue weighted by Crippen LogP contribution is -1.91. The smallest absolute Gasteiger partial charge is 0.106 e. The summed E-state index contributed by atoms with van der Waals surface area (Å²) in [5.74, 6) is 0. The largest absolute Gasteiger partial charge is 0.368 e. The van der Waals surface area contributed by atoms with E-state index in [2.05, 4.69) is 18.2 Å². The molecule has 48 valence electrons. The Labute approximate surface area is 55.0 Å². The first-order valence-electron chi connectivity index (χ1n) is 3.45. The predicted octanol–water partition coefficient (Wildman–Crippen LogP) is 1.66. The summed E-state index contributed by atoms with van der Waals surface area (Å²) >= 11 is 0. The van der Waals surface area contributed by atoms with Crippen LogP contribution in [0.5, 0.6) is 0 Å². The highest BCUT2D eigenvalue weighted by molar-refractivity contribution is 5.28. The molecule has 2 rings (SSSR count). The quantitative estimate of drug-likeness (QED) is 0.482. The van der Waals surface area contributed by atoms with Crippen molar-refractivity contribution in [2.75, 3.05) is 6.61 Å². The van der Waals surface area contributed by atoms with E-state index in [0.717, 1.165) is 6.61 Å².